The van der Waals surface area contributed by atoms with E-state index in [1.54, 1.807) is 19.2 Å². The molecule has 0 saturated heterocycles. The third kappa shape index (κ3) is 3.38. The molecule has 2 nitrogen and oxygen atoms in total. The van der Waals surface area contributed by atoms with Gasteiger partial charge in [-0.05, 0) is 42.8 Å². The summed E-state index contributed by atoms with van der Waals surface area (Å²) in [5, 5.41) is 3.51. The van der Waals surface area contributed by atoms with Gasteiger partial charge < -0.3 is 10.1 Å². The molecule has 1 N–H and O–H groups in total. The van der Waals surface area contributed by atoms with Crippen LogP contribution in [0.15, 0.2) is 42.5 Å². The van der Waals surface area contributed by atoms with Gasteiger partial charge in [0.2, 0.25) is 0 Å². The van der Waals surface area contributed by atoms with Gasteiger partial charge >= 0.3 is 0 Å². The van der Waals surface area contributed by atoms with E-state index in [2.05, 4.69) is 5.32 Å². The maximum atomic E-state index is 13.7. The van der Waals surface area contributed by atoms with Gasteiger partial charge in [0.1, 0.15) is 11.6 Å². The zero-order chi connectivity index (χ0) is 13.8. The molecule has 0 aliphatic heterocycles. The number of halogens is 2. The number of anilines is 1. The van der Waals surface area contributed by atoms with E-state index in [1.165, 1.54) is 6.07 Å². The Labute approximate surface area is 117 Å². The summed E-state index contributed by atoms with van der Waals surface area (Å²) in [4.78, 5) is 0. The van der Waals surface area contributed by atoms with Crippen LogP contribution in [-0.4, -0.2) is 7.11 Å². The smallest absolute Gasteiger partial charge is 0.147 e. The number of methoxy groups -OCH3 is 1. The lowest BCUT2D eigenvalue weighted by atomic mass is 10.1. The van der Waals surface area contributed by atoms with Crippen LogP contribution in [-0.2, 0) is 0 Å². The predicted octanol–water partition coefficient (Wildman–Crippen LogP) is 4.66. The number of hydrogen-bond donors (Lipinski definition) is 1. The van der Waals surface area contributed by atoms with Crippen LogP contribution in [0.5, 0.6) is 5.75 Å². The molecule has 0 spiro atoms. The molecule has 0 aliphatic carbocycles. The summed E-state index contributed by atoms with van der Waals surface area (Å²) in [7, 11) is 1.62. The summed E-state index contributed by atoms with van der Waals surface area (Å²) in [5.74, 6) is 0.446. The topological polar surface area (TPSA) is 21.3 Å². The molecule has 0 bridgehead atoms. The van der Waals surface area contributed by atoms with Crippen molar-refractivity contribution in [1.82, 2.24) is 0 Å². The molecule has 0 fully saturated rings. The molecule has 0 aromatic heterocycles. The minimum absolute atomic E-state index is 0.0124. The first kappa shape index (κ1) is 13.7. The van der Waals surface area contributed by atoms with Crippen molar-refractivity contribution in [2.24, 2.45) is 0 Å². The highest BCUT2D eigenvalue weighted by Gasteiger charge is 2.09. The van der Waals surface area contributed by atoms with Crippen molar-refractivity contribution in [2.75, 3.05) is 12.4 Å². The number of hydrogen-bond acceptors (Lipinski definition) is 2. The standard InChI is InChI=1S/C15H15ClFNO/c1-10(11-3-6-13(19-2)7-4-11)18-15-8-5-12(16)9-14(15)17/h3-10,18H,1-2H3. The van der Waals surface area contributed by atoms with Crippen LogP contribution in [0.4, 0.5) is 10.1 Å². The van der Waals surface area contributed by atoms with Gasteiger partial charge in [-0.15, -0.1) is 0 Å². The van der Waals surface area contributed by atoms with Gasteiger partial charge in [0.25, 0.3) is 0 Å². The van der Waals surface area contributed by atoms with Crippen LogP contribution in [0, 0.1) is 5.82 Å². The summed E-state index contributed by atoms with van der Waals surface area (Å²) >= 11 is 5.72. The van der Waals surface area contributed by atoms with Gasteiger partial charge in [-0.1, -0.05) is 23.7 Å². The van der Waals surface area contributed by atoms with Crippen molar-refractivity contribution < 1.29 is 9.13 Å². The lowest BCUT2D eigenvalue weighted by Gasteiger charge is -2.16. The van der Waals surface area contributed by atoms with Crippen molar-refractivity contribution in [1.29, 1.82) is 0 Å². The number of rotatable bonds is 4. The fraction of sp³-hybridized carbons (Fsp3) is 0.200. The second kappa shape index (κ2) is 5.93. The Morgan fingerprint density at radius 3 is 2.42 bits per heavy atom. The van der Waals surface area contributed by atoms with E-state index in [0.29, 0.717) is 10.7 Å². The molecule has 19 heavy (non-hydrogen) atoms. The van der Waals surface area contributed by atoms with Gasteiger partial charge in [0.15, 0.2) is 0 Å². The summed E-state index contributed by atoms with van der Waals surface area (Å²) in [6.45, 7) is 1.97. The molecule has 0 aliphatic rings. The largest absolute Gasteiger partial charge is 0.497 e. The Hall–Kier alpha value is -1.74. The van der Waals surface area contributed by atoms with Gasteiger partial charge in [0.05, 0.1) is 12.8 Å². The fourth-order valence-corrected chi connectivity index (χ4v) is 1.97. The number of benzene rings is 2. The molecule has 0 radical (unpaired) electrons. The van der Waals surface area contributed by atoms with Crippen LogP contribution in [0.1, 0.15) is 18.5 Å². The summed E-state index contributed by atoms with van der Waals surface area (Å²) in [5.41, 5.74) is 1.49. The minimum Gasteiger partial charge on any atom is -0.497 e. The van der Waals surface area contributed by atoms with Crippen molar-refractivity contribution in [3.63, 3.8) is 0 Å². The van der Waals surface area contributed by atoms with Crippen LogP contribution in [0.2, 0.25) is 5.02 Å². The molecule has 2 aromatic carbocycles. The van der Waals surface area contributed by atoms with E-state index in [9.17, 15) is 4.39 Å². The van der Waals surface area contributed by atoms with Crippen molar-refractivity contribution in [3.8, 4) is 5.75 Å². The number of nitrogens with one attached hydrogen (secondary N) is 1. The molecule has 2 rings (SSSR count). The summed E-state index contributed by atoms with van der Waals surface area (Å²) in [6, 6.07) is 12.2. The molecular formula is C15H15ClFNO. The van der Waals surface area contributed by atoms with Gasteiger partial charge in [0, 0.05) is 11.1 Å². The van der Waals surface area contributed by atoms with E-state index in [0.717, 1.165) is 11.3 Å². The van der Waals surface area contributed by atoms with Gasteiger partial charge in [-0.25, -0.2) is 4.39 Å². The SMILES string of the molecule is COc1ccc(C(C)Nc2ccc(Cl)cc2F)cc1. The molecule has 100 valence electrons. The highest BCUT2D eigenvalue weighted by molar-refractivity contribution is 6.30. The van der Waals surface area contributed by atoms with E-state index in [1.807, 2.05) is 31.2 Å². The lowest BCUT2D eigenvalue weighted by molar-refractivity contribution is 0.414. The van der Waals surface area contributed by atoms with Crippen LogP contribution in [0.3, 0.4) is 0 Å². The van der Waals surface area contributed by atoms with Crippen molar-refractivity contribution in [2.45, 2.75) is 13.0 Å². The van der Waals surface area contributed by atoms with Crippen LogP contribution >= 0.6 is 11.6 Å². The molecule has 0 heterocycles. The molecule has 4 heteroatoms. The Balaban J connectivity index is 2.13. The Morgan fingerprint density at radius 1 is 1.16 bits per heavy atom. The first-order valence-corrected chi connectivity index (χ1v) is 6.33. The Morgan fingerprint density at radius 2 is 1.84 bits per heavy atom. The van der Waals surface area contributed by atoms with E-state index >= 15 is 0 Å². The van der Waals surface area contributed by atoms with Crippen LogP contribution < -0.4 is 10.1 Å². The molecule has 1 atom stereocenters. The molecule has 1 unspecified atom stereocenters. The third-order valence-electron chi connectivity index (χ3n) is 2.92. The zero-order valence-corrected chi connectivity index (χ0v) is 11.5. The molecule has 2 aromatic rings. The van der Waals surface area contributed by atoms with E-state index in [4.69, 9.17) is 16.3 Å². The summed E-state index contributed by atoms with van der Waals surface area (Å²) in [6.07, 6.45) is 0. The second-order valence-electron chi connectivity index (χ2n) is 4.26. The maximum Gasteiger partial charge on any atom is 0.147 e. The average molecular weight is 280 g/mol. The first-order chi connectivity index (χ1) is 9.10. The second-order valence-corrected chi connectivity index (χ2v) is 4.70. The minimum atomic E-state index is -0.354. The summed E-state index contributed by atoms with van der Waals surface area (Å²) < 4.78 is 18.8. The van der Waals surface area contributed by atoms with E-state index in [-0.39, 0.29) is 11.9 Å². The molecular weight excluding hydrogens is 265 g/mol. The highest BCUT2D eigenvalue weighted by atomic mass is 35.5. The molecule has 0 saturated carbocycles. The van der Waals surface area contributed by atoms with E-state index < -0.39 is 0 Å². The van der Waals surface area contributed by atoms with Crippen LogP contribution in [0.25, 0.3) is 0 Å². The zero-order valence-electron chi connectivity index (χ0n) is 10.8. The van der Waals surface area contributed by atoms with Gasteiger partial charge in [-0.2, -0.15) is 0 Å². The third-order valence-corrected chi connectivity index (χ3v) is 3.15. The lowest BCUT2D eigenvalue weighted by Crippen LogP contribution is -2.07. The normalized spacial score (nSPS) is 12.0. The quantitative estimate of drug-likeness (QED) is 0.879. The number of ether oxygens (including phenoxy) is 1. The fourth-order valence-electron chi connectivity index (χ4n) is 1.82. The monoisotopic (exact) mass is 279 g/mol. The Kier molecular flexibility index (Phi) is 4.27. The maximum absolute atomic E-state index is 13.7. The highest BCUT2D eigenvalue weighted by Crippen LogP contribution is 2.25. The van der Waals surface area contributed by atoms with Crippen molar-refractivity contribution in [3.05, 3.63) is 58.9 Å². The molecule has 0 amide bonds. The Bertz CT molecular complexity index is 557. The van der Waals surface area contributed by atoms with Gasteiger partial charge in [-0.3, -0.25) is 0 Å². The predicted molar refractivity (Wildman–Crippen MR) is 76.4 cm³/mol. The van der Waals surface area contributed by atoms with Crippen molar-refractivity contribution >= 4 is 17.3 Å². The average Bonchev–Trinajstić information content (AvgIpc) is 2.42. The first-order valence-electron chi connectivity index (χ1n) is 5.95.